The number of sulfonamides is 1. The van der Waals surface area contributed by atoms with Crippen LogP contribution in [0.5, 0.6) is 0 Å². The summed E-state index contributed by atoms with van der Waals surface area (Å²) in [4.78, 5) is 24.2. The van der Waals surface area contributed by atoms with Crippen LogP contribution in [0.15, 0.2) is 47.4 Å². The van der Waals surface area contributed by atoms with Gasteiger partial charge in [0, 0.05) is 17.2 Å². The maximum Gasteiger partial charge on any atom is 0.265 e. The van der Waals surface area contributed by atoms with Crippen LogP contribution in [0.1, 0.15) is 34.3 Å². The predicted molar refractivity (Wildman–Crippen MR) is 98.4 cm³/mol. The Morgan fingerprint density at radius 1 is 1.00 bits per heavy atom. The van der Waals surface area contributed by atoms with E-state index in [9.17, 15) is 18.0 Å². The van der Waals surface area contributed by atoms with E-state index in [4.69, 9.17) is 0 Å². The Hall–Kier alpha value is -2.67. The second-order valence-corrected chi connectivity index (χ2v) is 8.21. The van der Waals surface area contributed by atoms with Gasteiger partial charge in [-0.25, -0.2) is 13.1 Å². The Morgan fingerprint density at radius 3 is 2.38 bits per heavy atom. The third-order valence-electron chi connectivity index (χ3n) is 4.36. The molecule has 6 nitrogen and oxygen atoms in total. The lowest BCUT2D eigenvalue weighted by atomic mass is 10.1. The first-order valence-corrected chi connectivity index (χ1v) is 9.80. The summed E-state index contributed by atoms with van der Waals surface area (Å²) in [6.45, 7) is 3.69. The molecule has 2 amide bonds. The first-order chi connectivity index (χ1) is 12.3. The second kappa shape index (κ2) is 6.92. The lowest BCUT2D eigenvalue weighted by Gasteiger charge is -2.10. The normalized spacial score (nSPS) is 13.9. The molecule has 3 rings (SSSR count). The standard InChI is InChI=1S/C19H20N2O4S/c1-12-6-9-17(10-13(12)2)26(24,25)21-19(23)15-4-3-5-16(11-15)20-18(22)14-7-8-14/h3-6,9-11,14H,7-8H2,1-2H3,(H,20,22)(H,21,23). The van der Waals surface area contributed by atoms with Crippen molar-refractivity contribution in [3.63, 3.8) is 0 Å². The van der Waals surface area contributed by atoms with Gasteiger partial charge in [-0.2, -0.15) is 0 Å². The van der Waals surface area contributed by atoms with E-state index in [2.05, 4.69) is 10.0 Å². The fourth-order valence-electron chi connectivity index (χ4n) is 2.45. The third-order valence-corrected chi connectivity index (χ3v) is 5.68. The topological polar surface area (TPSA) is 92.3 Å². The Balaban J connectivity index is 1.76. The minimum absolute atomic E-state index is 0.0344. The Bertz CT molecular complexity index is 979. The third kappa shape index (κ3) is 4.11. The van der Waals surface area contributed by atoms with Gasteiger partial charge in [-0.3, -0.25) is 9.59 Å². The van der Waals surface area contributed by atoms with Crippen LogP contribution >= 0.6 is 0 Å². The molecule has 0 atom stereocenters. The number of amides is 2. The van der Waals surface area contributed by atoms with Gasteiger partial charge in [-0.15, -0.1) is 0 Å². The number of carbonyl (C=O) groups excluding carboxylic acids is 2. The van der Waals surface area contributed by atoms with E-state index < -0.39 is 15.9 Å². The van der Waals surface area contributed by atoms with E-state index in [0.29, 0.717) is 5.69 Å². The minimum atomic E-state index is -3.97. The lowest BCUT2D eigenvalue weighted by Crippen LogP contribution is -2.30. The highest BCUT2D eigenvalue weighted by Gasteiger charge is 2.29. The molecule has 0 aromatic heterocycles. The van der Waals surface area contributed by atoms with Crippen molar-refractivity contribution in [1.82, 2.24) is 4.72 Å². The smallest absolute Gasteiger partial charge is 0.265 e. The molecule has 2 aromatic rings. The van der Waals surface area contributed by atoms with Gasteiger partial charge >= 0.3 is 0 Å². The molecule has 1 saturated carbocycles. The summed E-state index contributed by atoms with van der Waals surface area (Å²) in [7, 11) is -3.97. The lowest BCUT2D eigenvalue weighted by molar-refractivity contribution is -0.117. The Morgan fingerprint density at radius 2 is 1.73 bits per heavy atom. The minimum Gasteiger partial charge on any atom is -0.326 e. The maximum atomic E-state index is 12.4. The largest absolute Gasteiger partial charge is 0.326 e. The van der Waals surface area contributed by atoms with Crippen LogP contribution in [0.4, 0.5) is 5.69 Å². The molecular weight excluding hydrogens is 352 g/mol. The van der Waals surface area contributed by atoms with E-state index in [-0.39, 0.29) is 22.3 Å². The fraction of sp³-hybridized carbons (Fsp3) is 0.263. The van der Waals surface area contributed by atoms with Crippen molar-refractivity contribution in [2.24, 2.45) is 5.92 Å². The Kier molecular flexibility index (Phi) is 4.82. The first kappa shape index (κ1) is 18.1. The van der Waals surface area contributed by atoms with E-state index in [0.717, 1.165) is 24.0 Å². The number of rotatable bonds is 5. The SMILES string of the molecule is Cc1ccc(S(=O)(=O)NC(=O)c2cccc(NC(=O)C3CC3)c2)cc1C. The van der Waals surface area contributed by atoms with Crippen LogP contribution < -0.4 is 10.0 Å². The van der Waals surface area contributed by atoms with Crippen LogP contribution in [0, 0.1) is 19.8 Å². The number of benzene rings is 2. The van der Waals surface area contributed by atoms with Crippen molar-refractivity contribution in [2.45, 2.75) is 31.6 Å². The number of carbonyl (C=O) groups is 2. The fourth-order valence-corrected chi connectivity index (χ4v) is 3.51. The van der Waals surface area contributed by atoms with Crippen LogP contribution in [-0.2, 0) is 14.8 Å². The zero-order valence-electron chi connectivity index (χ0n) is 14.6. The summed E-state index contributed by atoms with van der Waals surface area (Å²) < 4.78 is 26.9. The second-order valence-electron chi connectivity index (χ2n) is 6.53. The average molecular weight is 372 g/mol. The average Bonchev–Trinajstić information content (AvgIpc) is 3.42. The van der Waals surface area contributed by atoms with E-state index >= 15 is 0 Å². The molecule has 0 spiro atoms. The van der Waals surface area contributed by atoms with Crippen molar-refractivity contribution >= 4 is 27.5 Å². The zero-order valence-corrected chi connectivity index (χ0v) is 15.4. The van der Waals surface area contributed by atoms with Crippen LogP contribution in [0.3, 0.4) is 0 Å². The summed E-state index contributed by atoms with van der Waals surface area (Å²) in [6, 6.07) is 10.9. The number of anilines is 1. The van der Waals surface area contributed by atoms with Gasteiger partial charge < -0.3 is 5.32 Å². The van der Waals surface area contributed by atoms with E-state index in [1.54, 1.807) is 18.2 Å². The van der Waals surface area contributed by atoms with Crippen LogP contribution in [-0.4, -0.2) is 20.2 Å². The number of aryl methyl sites for hydroxylation is 2. The highest BCUT2D eigenvalue weighted by molar-refractivity contribution is 7.90. The van der Waals surface area contributed by atoms with Gasteiger partial charge in [0.15, 0.2) is 0 Å². The van der Waals surface area contributed by atoms with Gasteiger partial charge in [0.2, 0.25) is 5.91 Å². The van der Waals surface area contributed by atoms with Crippen molar-refractivity contribution in [3.8, 4) is 0 Å². The molecule has 1 aliphatic carbocycles. The van der Waals surface area contributed by atoms with Crippen LogP contribution in [0.25, 0.3) is 0 Å². The van der Waals surface area contributed by atoms with Crippen molar-refractivity contribution in [3.05, 3.63) is 59.2 Å². The van der Waals surface area contributed by atoms with Crippen molar-refractivity contribution in [2.75, 3.05) is 5.32 Å². The monoisotopic (exact) mass is 372 g/mol. The summed E-state index contributed by atoms with van der Waals surface area (Å²) in [5, 5.41) is 2.74. The van der Waals surface area contributed by atoms with Gasteiger partial charge in [-0.05, 0) is 68.1 Å². The molecule has 7 heteroatoms. The van der Waals surface area contributed by atoms with Gasteiger partial charge in [0.25, 0.3) is 15.9 Å². The molecular formula is C19H20N2O4S. The molecule has 0 heterocycles. The molecule has 136 valence electrons. The summed E-state index contributed by atoms with van der Waals surface area (Å²) in [6.07, 6.45) is 1.75. The van der Waals surface area contributed by atoms with Crippen LogP contribution in [0.2, 0.25) is 0 Å². The molecule has 0 aliphatic heterocycles. The number of nitrogens with one attached hydrogen (secondary N) is 2. The molecule has 1 fully saturated rings. The molecule has 0 radical (unpaired) electrons. The van der Waals surface area contributed by atoms with Crippen molar-refractivity contribution < 1.29 is 18.0 Å². The zero-order chi connectivity index (χ0) is 18.9. The van der Waals surface area contributed by atoms with Crippen molar-refractivity contribution in [1.29, 1.82) is 0 Å². The van der Waals surface area contributed by atoms with E-state index in [1.165, 1.54) is 24.3 Å². The van der Waals surface area contributed by atoms with Gasteiger partial charge in [0.05, 0.1) is 4.90 Å². The quantitative estimate of drug-likeness (QED) is 0.844. The molecule has 2 aromatic carbocycles. The summed E-state index contributed by atoms with van der Waals surface area (Å²) in [5.74, 6) is -0.784. The van der Waals surface area contributed by atoms with E-state index in [1.807, 2.05) is 13.8 Å². The molecule has 0 unspecified atom stereocenters. The Labute approximate surface area is 152 Å². The molecule has 0 bridgehead atoms. The van der Waals surface area contributed by atoms with Gasteiger partial charge in [0.1, 0.15) is 0 Å². The highest BCUT2D eigenvalue weighted by atomic mass is 32.2. The number of hydrogen-bond donors (Lipinski definition) is 2. The predicted octanol–water partition coefficient (Wildman–Crippen LogP) is 2.77. The maximum absolute atomic E-state index is 12.4. The van der Waals surface area contributed by atoms with Gasteiger partial charge in [-0.1, -0.05) is 12.1 Å². The molecule has 26 heavy (non-hydrogen) atoms. The first-order valence-electron chi connectivity index (χ1n) is 8.31. The summed E-state index contributed by atoms with van der Waals surface area (Å²) in [5.41, 5.74) is 2.42. The highest BCUT2D eigenvalue weighted by Crippen LogP contribution is 2.30. The molecule has 1 aliphatic rings. The molecule has 2 N–H and O–H groups in total. The number of hydrogen-bond acceptors (Lipinski definition) is 4. The molecule has 0 saturated heterocycles. The summed E-state index contributed by atoms with van der Waals surface area (Å²) >= 11 is 0.